The van der Waals surface area contributed by atoms with Crippen LogP contribution in [0.15, 0.2) is 28.7 Å². The molecule has 2 heterocycles. The molecule has 0 aromatic heterocycles. The lowest BCUT2D eigenvalue weighted by atomic mass is 9.96. The van der Waals surface area contributed by atoms with Gasteiger partial charge in [-0.05, 0) is 47.3 Å². The molecule has 0 bridgehead atoms. The van der Waals surface area contributed by atoms with Gasteiger partial charge in [0.1, 0.15) is 5.92 Å². The number of rotatable bonds is 3. The molecular weight excluding hydrogens is 376 g/mol. The number of hydrogen-bond donors (Lipinski definition) is 1. The van der Waals surface area contributed by atoms with Crippen molar-refractivity contribution in [1.29, 1.82) is 0 Å². The van der Waals surface area contributed by atoms with Crippen LogP contribution in [-0.4, -0.2) is 47.4 Å². The zero-order valence-corrected chi connectivity index (χ0v) is 14.7. The third-order valence-electron chi connectivity index (χ3n) is 4.73. The first kappa shape index (κ1) is 17.0. The number of carbonyl (C=O) groups excluding carboxylic acids is 2. The average molecular weight is 395 g/mol. The fourth-order valence-corrected chi connectivity index (χ4v) is 3.92. The summed E-state index contributed by atoms with van der Waals surface area (Å²) in [7, 11) is 0. The summed E-state index contributed by atoms with van der Waals surface area (Å²) in [6, 6.07) is 7.43. The van der Waals surface area contributed by atoms with Crippen LogP contribution in [0.3, 0.4) is 0 Å². The number of anilines is 1. The largest absolute Gasteiger partial charge is 0.481 e. The minimum atomic E-state index is -0.875. The smallest absolute Gasteiger partial charge is 0.308 e. The van der Waals surface area contributed by atoms with E-state index in [1.165, 1.54) is 0 Å². The first-order chi connectivity index (χ1) is 11.5. The van der Waals surface area contributed by atoms with Crippen LogP contribution < -0.4 is 4.90 Å². The summed E-state index contributed by atoms with van der Waals surface area (Å²) in [5.74, 6) is -2.55. The van der Waals surface area contributed by atoms with Crippen LogP contribution in [0.25, 0.3) is 0 Å². The minimum absolute atomic E-state index is 0.201. The molecule has 0 spiro atoms. The molecular formula is C17H19BrN2O4. The fraction of sp³-hybridized carbons (Fsp3) is 0.471. The second-order valence-corrected chi connectivity index (χ2v) is 7.10. The normalized spacial score (nSPS) is 24.3. The molecule has 6 nitrogen and oxygen atoms in total. The number of likely N-dealkylation sites (tertiary alicyclic amines) is 1. The van der Waals surface area contributed by atoms with E-state index < -0.39 is 17.8 Å². The van der Waals surface area contributed by atoms with Gasteiger partial charge in [-0.3, -0.25) is 14.4 Å². The van der Waals surface area contributed by atoms with Crippen molar-refractivity contribution in [3.05, 3.63) is 28.7 Å². The lowest BCUT2D eigenvalue weighted by molar-refractivity contribution is -0.147. The number of nitrogens with zero attached hydrogens (tertiary/aromatic N) is 2. The molecule has 2 saturated heterocycles. The molecule has 1 N–H and O–H groups in total. The van der Waals surface area contributed by atoms with E-state index in [2.05, 4.69) is 15.9 Å². The number of hydrogen-bond acceptors (Lipinski definition) is 3. The lowest BCUT2D eigenvalue weighted by Gasteiger charge is -2.32. The zero-order valence-electron chi connectivity index (χ0n) is 13.2. The van der Waals surface area contributed by atoms with Crippen LogP contribution in [0.5, 0.6) is 0 Å². The van der Waals surface area contributed by atoms with E-state index in [0.717, 1.165) is 10.2 Å². The predicted octanol–water partition coefficient (Wildman–Crippen LogP) is 2.13. The quantitative estimate of drug-likeness (QED) is 0.796. The summed E-state index contributed by atoms with van der Waals surface area (Å²) in [6.07, 6.45) is 1.71. The van der Waals surface area contributed by atoms with Gasteiger partial charge < -0.3 is 14.9 Å². The number of amides is 2. The van der Waals surface area contributed by atoms with Crippen molar-refractivity contribution in [2.24, 2.45) is 11.8 Å². The highest BCUT2D eigenvalue weighted by atomic mass is 79.9. The Balaban J connectivity index is 1.72. The van der Waals surface area contributed by atoms with Crippen molar-refractivity contribution in [3.8, 4) is 0 Å². The highest BCUT2D eigenvalue weighted by Crippen LogP contribution is 2.32. The summed E-state index contributed by atoms with van der Waals surface area (Å²) < 4.78 is 0.815. The van der Waals surface area contributed by atoms with Crippen molar-refractivity contribution < 1.29 is 19.5 Å². The van der Waals surface area contributed by atoms with E-state index in [0.29, 0.717) is 32.4 Å². The van der Waals surface area contributed by atoms with Gasteiger partial charge in [-0.15, -0.1) is 0 Å². The number of halogens is 1. The van der Waals surface area contributed by atoms with Gasteiger partial charge in [-0.25, -0.2) is 0 Å². The average Bonchev–Trinajstić information content (AvgIpc) is 2.96. The lowest BCUT2D eigenvalue weighted by Crippen LogP contribution is -2.46. The number of piperidine rings is 1. The van der Waals surface area contributed by atoms with Gasteiger partial charge in [0.15, 0.2) is 0 Å². The van der Waals surface area contributed by atoms with Gasteiger partial charge in [0.2, 0.25) is 11.8 Å². The van der Waals surface area contributed by atoms with Gasteiger partial charge in [0.05, 0.1) is 11.6 Å². The van der Waals surface area contributed by atoms with Crippen LogP contribution in [0.4, 0.5) is 5.69 Å². The van der Waals surface area contributed by atoms with E-state index in [9.17, 15) is 14.4 Å². The van der Waals surface area contributed by atoms with Crippen LogP contribution in [0.1, 0.15) is 19.3 Å². The second kappa shape index (κ2) is 6.93. The fourth-order valence-electron chi connectivity index (χ4n) is 3.42. The maximum atomic E-state index is 12.7. The van der Waals surface area contributed by atoms with Crippen molar-refractivity contribution in [2.45, 2.75) is 19.3 Å². The molecule has 0 radical (unpaired) electrons. The summed E-state index contributed by atoms with van der Waals surface area (Å²) in [4.78, 5) is 39.8. The Morgan fingerprint density at radius 1 is 1.17 bits per heavy atom. The zero-order chi connectivity index (χ0) is 17.3. The van der Waals surface area contributed by atoms with E-state index in [-0.39, 0.29) is 18.4 Å². The summed E-state index contributed by atoms with van der Waals surface area (Å²) in [5, 5.41) is 9.16. The topological polar surface area (TPSA) is 77.9 Å². The molecule has 24 heavy (non-hydrogen) atoms. The van der Waals surface area contributed by atoms with E-state index >= 15 is 0 Å². The highest BCUT2D eigenvalue weighted by Gasteiger charge is 2.41. The SMILES string of the molecule is O=C(O)[C@@H]1CCCN(C(=O)[C@@H]2CCN(c3ccccc3Br)C2=O)C1. The summed E-state index contributed by atoms with van der Waals surface area (Å²) >= 11 is 3.44. The molecule has 0 saturated carbocycles. The Bertz CT molecular complexity index is 678. The maximum absolute atomic E-state index is 12.7. The highest BCUT2D eigenvalue weighted by molar-refractivity contribution is 9.10. The van der Waals surface area contributed by atoms with Gasteiger partial charge in [-0.2, -0.15) is 0 Å². The molecule has 7 heteroatoms. The molecule has 2 aliphatic heterocycles. The van der Waals surface area contributed by atoms with Crippen molar-refractivity contribution >= 4 is 39.4 Å². The van der Waals surface area contributed by atoms with Crippen LogP contribution in [0, 0.1) is 11.8 Å². The van der Waals surface area contributed by atoms with Crippen molar-refractivity contribution in [2.75, 3.05) is 24.5 Å². The summed E-state index contributed by atoms with van der Waals surface area (Å²) in [5.41, 5.74) is 0.764. The molecule has 0 aliphatic carbocycles. The molecule has 128 valence electrons. The molecule has 3 rings (SSSR count). The van der Waals surface area contributed by atoms with Gasteiger partial charge in [0, 0.05) is 24.1 Å². The van der Waals surface area contributed by atoms with Crippen LogP contribution in [0.2, 0.25) is 0 Å². The number of carboxylic acid groups (broad SMARTS) is 1. The first-order valence-corrected chi connectivity index (χ1v) is 8.86. The summed E-state index contributed by atoms with van der Waals surface area (Å²) in [6.45, 7) is 1.22. The first-order valence-electron chi connectivity index (χ1n) is 8.06. The maximum Gasteiger partial charge on any atom is 0.308 e. The molecule has 2 fully saturated rings. The Kier molecular flexibility index (Phi) is 4.89. The number of carbonyl (C=O) groups is 3. The van der Waals surface area contributed by atoms with Gasteiger partial charge >= 0.3 is 5.97 Å². The Morgan fingerprint density at radius 3 is 2.62 bits per heavy atom. The number of carboxylic acids is 1. The van der Waals surface area contributed by atoms with Crippen molar-refractivity contribution in [3.63, 3.8) is 0 Å². The van der Waals surface area contributed by atoms with Crippen molar-refractivity contribution in [1.82, 2.24) is 4.90 Å². The molecule has 2 aliphatic rings. The third kappa shape index (κ3) is 3.17. The van der Waals surface area contributed by atoms with E-state index in [1.807, 2.05) is 24.3 Å². The number of para-hydroxylation sites is 1. The number of aliphatic carboxylic acids is 1. The molecule has 2 amide bonds. The van der Waals surface area contributed by atoms with Gasteiger partial charge in [-0.1, -0.05) is 12.1 Å². The predicted molar refractivity (Wildman–Crippen MR) is 91.5 cm³/mol. The van der Waals surface area contributed by atoms with E-state index in [1.54, 1.807) is 9.80 Å². The second-order valence-electron chi connectivity index (χ2n) is 6.24. The Hall–Kier alpha value is -1.89. The molecule has 1 aromatic rings. The molecule has 2 atom stereocenters. The number of benzene rings is 1. The Morgan fingerprint density at radius 2 is 1.92 bits per heavy atom. The monoisotopic (exact) mass is 394 g/mol. The van der Waals surface area contributed by atoms with Crippen LogP contribution >= 0.6 is 15.9 Å². The van der Waals surface area contributed by atoms with Gasteiger partial charge in [0.25, 0.3) is 0 Å². The third-order valence-corrected chi connectivity index (χ3v) is 5.40. The Labute approximate surface area is 148 Å². The standard InChI is InChI=1S/C17H19BrN2O4/c18-13-5-1-2-6-14(13)20-9-7-12(16(20)22)15(21)19-8-3-4-11(10-19)17(23)24/h1-2,5-6,11-12H,3-4,7-10H2,(H,23,24)/t11-,12+/m1/s1. The molecule has 1 aromatic carbocycles. The van der Waals surface area contributed by atoms with E-state index in [4.69, 9.17) is 5.11 Å². The minimum Gasteiger partial charge on any atom is -0.481 e. The van der Waals surface area contributed by atoms with Crippen LogP contribution in [-0.2, 0) is 14.4 Å². The molecule has 0 unspecified atom stereocenters.